The molecule has 4 aliphatic carbocycles. The largest absolute Gasteiger partial charge is 1.00 e. The van der Waals surface area contributed by atoms with E-state index in [0.717, 1.165) is 55.4 Å². The SMILES string of the molecule is CC1=CC(C)[C]([Zr+2](=[C](c2cccc(C(F)(F)F)c2)c2cccc(C(F)(F)F)c2)[CH]2c3cc4c(cc3-c3cc5c(cc32)C(C)(C)C=C5C)C(C)=CC4(C)C)=C1.[Cl-].[Cl-]. The number of allylic oxidation sites excluding steroid dienone is 8. The zero-order chi connectivity index (χ0) is 38.9. The van der Waals surface area contributed by atoms with Crippen LogP contribution in [0.1, 0.15) is 115 Å². The first-order chi connectivity index (χ1) is 25.2. The van der Waals surface area contributed by atoms with Gasteiger partial charge in [-0.2, -0.15) is 0 Å². The summed E-state index contributed by atoms with van der Waals surface area (Å²) in [7, 11) is 0. The molecule has 0 aliphatic heterocycles. The minimum Gasteiger partial charge on any atom is -1.00 e. The number of halogens is 8. The van der Waals surface area contributed by atoms with Crippen LogP contribution in [0.15, 0.2) is 106 Å². The molecule has 1 unspecified atom stereocenters. The fourth-order valence-corrected chi connectivity index (χ4v) is 19.2. The van der Waals surface area contributed by atoms with E-state index < -0.39 is 44.7 Å². The van der Waals surface area contributed by atoms with Gasteiger partial charge in [-0.15, -0.1) is 0 Å². The van der Waals surface area contributed by atoms with E-state index >= 15 is 0 Å². The first-order valence-electron chi connectivity index (χ1n) is 18.4. The molecular weight excluding hydrogens is 841 g/mol. The Morgan fingerprint density at radius 1 is 0.607 bits per heavy atom. The van der Waals surface area contributed by atoms with Gasteiger partial charge in [0.05, 0.1) is 0 Å². The van der Waals surface area contributed by atoms with E-state index in [4.69, 9.17) is 0 Å². The molecule has 0 amide bonds. The molecule has 290 valence electrons. The number of benzene rings is 4. The fourth-order valence-electron chi connectivity index (χ4n) is 9.63. The average Bonchev–Trinajstić information content (AvgIpc) is 3.73. The molecule has 0 nitrogen and oxygen atoms in total. The monoisotopic (exact) mass is 880 g/mol. The molecule has 9 heteroatoms. The standard InChI is InChI=1S/C25H25.C15H8F6.C7H9.2ClH.Zr/c1-14-12-24(3,4)22-8-16-7-17-9-23-19(15(2)13-25(23,5)6)11-21(17)20(16)10-18(14)22;16-14(17,18)12-5-1-3-10(8-12)7-11-4-2-6-13(9-11)15(19,20)21;1-6-3-4-7(2)5-6;;;/h7-13H,1-6H3;1-6,8-9H;3,5,7H,1-2H3;2*1H;/q;;;;;+2/p-2. The van der Waals surface area contributed by atoms with Gasteiger partial charge in [-0.25, -0.2) is 0 Å². The number of alkyl halides is 6. The zero-order valence-electron chi connectivity index (χ0n) is 32.4. The molecule has 0 aromatic heterocycles. The summed E-state index contributed by atoms with van der Waals surface area (Å²) in [5, 5.41) is 0. The van der Waals surface area contributed by atoms with Crippen LogP contribution in [0.2, 0.25) is 0 Å². The molecule has 4 aliphatic rings. The Labute approximate surface area is 345 Å². The third-order valence-electron chi connectivity index (χ3n) is 11.9. The van der Waals surface area contributed by atoms with Crippen molar-refractivity contribution >= 4 is 14.4 Å². The molecule has 0 spiro atoms. The van der Waals surface area contributed by atoms with Crippen LogP contribution < -0.4 is 24.8 Å². The smallest absolute Gasteiger partial charge is 1.00 e. The second-order valence-corrected chi connectivity index (χ2v) is 22.8. The van der Waals surface area contributed by atoms with Crippen LogP contribution in [-0.4, -0.2) is 3.21 Å². The third kappa shape index (κ3) is 6.92. The Morgan fingerprint density at radius 3 is 1.41 bits per heavy atom. The van der Waals surface area contributed by atoms with Gasteiger partial charge in [0, 0.05) is 0 Å². The Bertz CT molecular complexity index is 2330. The Hall–Kier alpha value is -3.25. The summed E-state index contributed by atoms with van der Waals surface area (Å²) < 4.78 is 88.3. The first kappa shape index (κ1) is 42.4. The van der Waals surface area contributed by atoms with Crippen LogP contribution in [0.3, 0.4) is 0 Å². The van der Waals surface area contributed by atoms with E-state index in [1.807, 2.05) is 6.92 Å². The van der Waals surface area contributed by atoms with Crippen molar-refractivity contribution in [3.63, 3.8) is 0 Å². The van der Waals surface area contributed by atoms with E-state index in [0.29, 0.717) is 14.3 Å². The van der Waals surface area contributed by atoms with Gasteiger partial charge in [0.2, 0.25) is 0 Å². The van der Waals surface area contributed by atoms with Crippen LogP contribution in [0.25, 0.3) is 22.3 Å². The minimum atomic E-state index is -4.63. The van der Waals surface area contributed by atoms with Crippen LogP contribution in [0.4, 0.5) is 26.3 Å². The summed E-state index contributed by atoms with van der Waals surface area (Å²) in [6.45, 7) is 17.2. The van der Waals surface area contributed by atoms with Crippen LogP contribution in [0.5, 0.6) is 0 Å². The van der Waals surface area contributed by atoms with Gasteiger partial charge < -0.3 is 24.8 Å². The topological polar surface area (TPSA) is 0 Å². The van der Waals surface area contributed by atoms with Gasteiger partial charge in [-0.1, -0.05) is 0 Å². The first-order valence-corrected chi connectivity index (χ1v) is 22.3. The summed E-state index contributed by atoms with van der Waals surface area (Å²) in [6.07, 6.45) is -0.310. The molecule has 0 bridgehead atoms. The third-order valence-corrected chi connectivity index (χ3v) is 20.6. The second kappa shape index (κ2) is 14.2. The van der Waals surface area contributed by atoms with E-state index in [1.54, 1.807) is 12.1 Å². The number of hydrogen-bond donors (Lipinski definition) is 0. The van der Waals surface area contributed by atoms with Crippen LogP contribution >= 0.6 is 0 Å². The normalized spacial score (nSPS) is 18.6. The van der Waals surface area contributed by atoms with Crippen molar-refractivity contribution in [1.82, 2.24) is 0 Å². The minimum absolute atomic E-state index is 0. The summed E-state index contributed by atoms with van der Waals surface area (Å²) in [6, 6.07) is 19.8. The van der Waals surface area contributed by atoms with E-state index in [-0.39, 0.29) is 45.2 Å². The van der Waals surface area contributed by atoms with Gasteiger partial charge in [0.25, 0.3) is 0 Å². The van der Waals surface area contributed by atoms with Gasteiger partial charge >= 0.3 is 323 Å². The molecule has 0 fully saturated rings. The van der Waals surface area contributed by atoms with Crippen molar-refractivity contribution in [2.24, 2.45) is 5.92 Å². The molecule has 0 radical (unpaired) electrons. The van der Waals surface area contributed by atoms with Gasteiger partial charge in [0.15, 0.2) is 0 Å². The fraction of sp³-hybridized carbons (Fsp3) is 0.298. The number of rotatable bonds is 4. The van der Waals surface area contributed by atoms with Crippen LogP contribution in [0, 0.1) is 5.92 Å². The number of hydrogen-bond acceptors (Lipinski definition) is 0. The van der Waals surface area contributed by atoms with Gasteiger partial charge in [0.1, 0.15) is 0 Å². The molecular formula is C47H42Cl2F6Zr. The summed E-state index contributed by atoms with van der Waals surface area (Å²) in [5.41, 5.74) is 11.3. The molecule has 0 N–H and O–H groups in total. The van der Waals surface area contributed by atoms with Crippen molar-refractivity contribution in [1.29, 1.82) is 0 Å². The molecule has 4 aromatic rings. The summed E-state index contributed by atoms with van der Waals surface area (Å²) in [5.74, 6) is -0.0249. The average molecular weight is 883 g/mol. The van der Waals surface area contributed by atoms with Gasteiger partial charge in [-0.05, 0) is 0 Å². The van der Waals surface area contributed by atoms with Crippen molar-refractivity contribution in [3.8, 4) is 11.1 Å². The summed E-state index contributed by atoms with van der Waals surface area (Å²) >= 11 is -3.77. The Kier molecular flexibility index (Phi) is 10.8. The van der Waals surface area contributed by atoms with Gasteiger partial charge in [-0.3, -0.25) is 0 Å². The van der Waals surface area contributed by atoms with Crippen LogP contribution in [-0.2, 0) is 44.4 Å². The Balaban J connectivity index is 0.00000266. The van der Waals surface area contributed by atoms with E-state index in [9.17, 15) is 26.3 Å². The predicted octanol–water partition coefficient (Wildman–Crippen LogP) is 7.56. The molecule has 4 aromatic carbocycles. The predicted molar refractivity (Wildman–Crippen MR) is 204 cm³/mol. The maximum atomic E-state index is 14.5. The molecule has 56 heavy (non-hydrogen) atoms. The van der Waals surface area contributed by atoms with E-state index in [2.05, 4.69) is 97.0 Å². The molecule has 1 atom stereocenters. The van der Waals surface area contributed by atoms with Crippen molar-refractivity contribution in [2.75, 3.05) is 0 Å². The molecule has 8 rings (SSSR count). The van der Waals surface area contributed by atoms with Crippen molar-refractivity contribution in [2.45, 2.75) is 82.2 Å². The zero-order valence-corrected chi connectivity index (χ0v) is 36.4. The maximum absolute atomic E-state index is 14.5. The maximum Gasteiger partial charge on any atom is -1.00 e. The molecule has 0 heterocycles. The second-order valence-electron chi connectivity index (χ2n) is 16.7. The quantitative estimate of drug-likeness (QED) is 0.186. The van der Waals surface area contributed by atoms with E-state index in [1.165, 1.54) is 45.5 Å². The number of fused-ring (bicyclic) bond motifs is 5. The molecule has 0 saturated carbocycles. The van der Waals surface area contributed by atoms with Crippen molar-refractivity contribution < 1.29 is 72.4 Å². The Morgan fingerprint density at radius 2 is 1.04 bits per heavy atom. The molecule has 0 saturated heterocycles. The van der Waals surface area contributed by atoms with Crippen molar-refractivity contribution in [3.05, 3.63) is 162 Å². The summed E-state index contributed by atoms with van der Waals surface area (Å²) in [4.78, 5) is 0.